The smallest absolute Gasteiger partial charge is 0.261 e. The normalized spacial score (nSPS) is 14.5. The molecule has 1 N–H and O–H groups in total. The number of aryl methyl sites for hydroxylation is 2. The van der Waals surface area contributed by atoms with Crippen LogP contribution in [0.15, 0.2) is 24.3 Å². The molecular formula is C20H25NO2S. The molecule has 0 radical (unpaired) electrons. The van der Waals surface area contributed by atoms with Gasteiger partial charge in [0.15, 0.2) is 0 Å². The van der Waals surface area contributed by atoms with Crippen LogP contribution in [-0.2, 0) is 12.8 Å². The summed E-state index contributed by atoms with van der Waals surface area (Å²) in [5.74, 6) is 0.892. The van der Waals surface area contributed by atoms with E-state index in [4.69, 9.17) is 4.74 Å². The van der Waals surface area contributed by atoms with Crippen LogP contribution < -0.4 is 10.1 Å². The van der Waals surface area contributed by atoms with Crippen molar-refractivity contribution in [2.24, 2.45) is 5.41 Å². The molecule has 4 heteroatoms. The summed E-state index contributed by atoms with van der Waals surface area (Å²) in [5, 5.41) is 3.14. The first-order chi connectivity index (χ1) is 11.3. The van der Waals surface area contributed by atoms with Crippen LogP contribution in [0.25, 0.3) is 10.4 Å². The summed E-state index contributed by atoms with van der Waals surface area (Å²) in [7, 11) is 1.69. The molecule has 1 aromatic carbocycles. The molecule has 3 nitrogen and oxygen atoms in total. The van der Waals surface area contributed by atoms with Crippen molar-refractivity contribution >= 4 is 17.2 Å². The van der Waals surface area contributed by atoms with Crippen LogP contribution in [0.2, 0.25) is 0 Å². The maximum absolute atomic E-state index is 12.6. The Morgan fingerprint density at radius 1 is 1.21 bits per heavy atom. The van der Waals surface area contributed by atoms with Crippen molar-refractivity contribution in [2.45, 2.75) is 46.6 Å². The molecule has 0 bridgehead atoms. The fourth-order valence-corrected chi connectivity index (χ4v) is 3.98. The average molecular weight is 343 g/mol. The fraction of sp³-hybridized carbons (Fsp3) is 0.450. The Morgan fingerprint density at radius 3 is 2.58 bits per heavy atom. The van der Waals surface area contributed by atoms with Crippen LogP contribution in [0.3, 0.4) is 0 Å². The van der Waals surface area contributed by atoms with Gasteiger partial charge in [0.05, 0.1) is 12.0 Å². The Hall–Kier alpha value is -1.81. The summed E-state index contributed by atoms with van der Waals surface area (Å²) in [6, 6.07) is 8.42. The van der Waals surface area contributed by atoms with Gasteiger partial charge in [-0.05, 0) is 60.1 Å². The highest BCUT2D eigenvalue weighted by atomic mass is 32.1. The van der Waals surface area contributed by atoms with Gasteiger partial charge >= 0.3 is 0 Å². The molecular weight excluding hydrogens is 318 g/mol. The Morgan fingerprint density at radius 2 is 1.92 bits per heavy atom. The number of nitrogens with one attached hydrogen (secondary N) is 1. The third-order valence-corrected chi connectivity index (χ3v) is 6.11. The fourth-order valence-electron chi connectivity index (χ4n) is 2.82. The van der Waals surface area contributed by atoms with Crippen LogP contribution in [0.4, 0.5) is 0 Å². The average Bonchev–Trinajstić information content (AvgIpc) is 2.98. The zero-order chi connectivity index (χ0) is 17.5. The van der Waals surface area contributed by atoms with E-state index in [1.165, 1.54) is 21.6 Å². The Kier molecular flexibility index (Phi) is 4.43. The topological polar surface area (TPSA) is 38.3 Å². The van der Waals surface area contributed by atoms with Gasteiger partial charge in [0, 0.05) is 10.9 Å². The first-order valence-electron chi connectivity index (χ1n) is 8.40. The third-order valence-electron chi connectivity index (χ3n) is 4.90. The Bertz CT molecular complexity index is 770. The van der Waals surface area contributed by atoms with Crippen LogP contribution in [-0.4, -0.2) is 19.1 Å². The lowest BCUT2D eigenvalue weighted by atomic mass is 9.88. The van der Waals surface area contributed by atoms with Gasteiger partial charge in [-0.2, -0.15) is 0 Å². The number of benzene rings is 1. The second-order valence-corrected chi connectivity index (χ2v) is 8.60. The predicted molar refractivity (Wildman–Crippen MR) is 100 cm³/mol. The van der Waals surface area contributed by atoms with Crippen molar-refractivity contribution in [3.63, 3.8) is 0 Å². The van der Waals surface area contributed by atoms with E-state index < -0.39 is 0 Å². The van der Waals surface area contributed by atoms with E-state index in [1.54, 1.807) is 18.4 Å². The van der Waals surface area contributed by atoms with Crippen molar-refractivity contribution in [3.05, 3.63) is 40.3 Å². The molecule has 1 aliphatic carbocycles. The summed E-state index contributed by atoms with van der Waals surface area (Å²) in [4.78, 5) is 14.6. The molecule has 0 saturated carbocycles. The van der Waals surface area contributed by atoms with Gasteiger partial charge in [0.2, 0.25) is 0 Å². The minimum absolute atomic E-state index is 0.0290. The van der Waals surface area contributed by atoms with Gasteiger partial charge in [-0.3, -0.25) is 4.79 Å². The highest BCUT2D eigenvalue weighted by molar-refractivity contribution is 7.17. The standard InChI is InChI=1S/C20H25NO2S/c1-12(20(2,3)4)21-19(22)17-10-14-7-6-13-8-9-15(23-5)11-16(13)18(14)24-17/h8-12H,6-7H2,1-5H3,(H,21,22). The third kappa shape index (κ3) is 3.20. The zero-order valence-electron chi connectivity index (χ0n) is 15.0. The van der Waals surface area contributed by atoms with Crippen molar-refractivity contribution < 1.29 is 9.53 Å². The number of amides is 1. The minimum atomic E-state index is 0.0290. The largest absolute Gasteiger partial charge is 0.497 e. The van der Waals surface area contributed by atoms with Crippen molar-refractivity contribution in [2.75, 3.05) is 7.11 Å². The summed E-state index contributed by atoms with van der Waals surface area (Å²) in [6.07, 6.45) is 2.01. The number of hydrogen-bond acceptors (Lipinski definition) is 3. The van der Waals surface area contributed by atoms with Crippen LogP contribution in [0.5, 0.6) is 5.75 Å². The summed E-state index contributed by atoms with van der Waals surface area (Å²) < 4.78 is 5.36. The molecule has 0 spiro atoms. The van der Waals surface area contributed by atoms with E-state index in [-0.39, 0.29) is 17.4 Å². The quantitative estimate of drug-likeness (QED) is 0.878. The highest BCUT2D eigenvalue weighted by Gasteiger charge is 2.25. The predicted octanol–water partition coefficient (Wildman–Crippen LogP) is 4.69. The molecule has 1 unspecified atom stereocenters. The zero-order valence-corrected chi connectivity index (χ0v) is 15.8. The van der Waals surface area contributed by atoms with Crippen molar-refractivity contribution in [1.82, 2.24) is 5.32 Å². The minimum Gasteiger partial charge on any atom is -0.497 e. The second-order valence-electron chi connectivity index (χ2n) is 7.55. The molecule has 1 aromatic heterocycles. The summed E-state index contributed by atoms with van der Waals surface area (Å²) in [6.45, 7) is 8.48. The lowest BCUT2D eigenvalue weighted by Crippen LogP contribution is -2.41. The van der Waals surface area contributed by atoms with E-state index in [0.29, 0.717) is 0 Å². The SMILES string of the molecule is COc1ccc2c(c1)-c1sc(C(=O)NC(C)C(C)(C)C)cc1CC2. The molecule has 0 aliphatic heterocycles. The molecule has 0 saturated heterocycles. The first kappa shape index (κ1) is 17.0. The van der Waals surface area contributed by atoms with E-state index in [1.807, 2.05) is 6.07 Å². The Balaban J connectivity index is 1.90. The lowest BCUT2D eigenvalue weighted by molar-refractivity contribution is 0.0914. The van der Waals surface area contributed by atoms with E-state index >= 15 is 0 Å². The molecule has 1 atom stereocenters. The van der Waals surface area contributed by atoms with Gasteiger partial charge < -0.3 is 10.1 Å². The molecule has 0 fully saturated rings. The van der Waals surface area contributed by atoms with Gasteiger partial charge in [0.25, 0.3) is 5.91 Å². The molecule has 1 amide bonds. The first-order valence-corrected chi connectivity index (χ1v) is 9.22. The lowest BCUT2D eigenvalue weighted by Gasteiger charge is -2.27. The van der Waals surface area contributed by atoms with E-state index in [2.05, 4.69) is 51.2 Å². The molecule has 128 valence electrons. The maximum Gasteiger partial charge on any atom is 0.261 e. The van der Waals surface area contributed by atoms with E-state index in [0.717, 1.165) is 23.5 Å². The van der Waals surface area contributed by atoms with Gasteiger partial charge in [-0.25, -0.2) is 0 Å². The number of thiophene rings is 1. The van der Waals surface area contributed by atoms with Crippen LogP contribution >= 0.6 is 11.3 Å². The molecule has 24 heavy (non-hydrogen) atoms. The molecule has 1 heterocycles. The molecule has 2 aromatic rings. The number of hydrogen-bond donors (Lipinski definition) is 1. The Labute approximate surface area is 148 Å². The number of ether oxygens (including phenoxy) is 1. The molecule has 3 rings (SSSR count). The summed E-state index contributed by atoms with van der Waals surface area (Å²) in [5.41, 5.74) is 3.87. The van der Waals surface area contributed by atoms with Crippen molar-refractivity contribution in [3.8, 4) is 16.2 Å². The highest BCUT2D eigenvalue weighted by Crippen LogP contribution is 2.41. The maximum atomic E-state index is 12.6. The van der Waals surface area contributed by atoms with Gasteiger partial charge in [-0.1, -0.05) is 26.8 Å². The summed E-state index contributed by atoms with van der Waals surface area (Å²) >= 11 is 1.59. The number of fused-ring (bicyclic) bond motifs is 3. The van der Waals surface area contributed by atoms with Crippen molar-refractivity contribution in [1.29, 1.82) is 0 Å². The number of carbonyl (C=O) groups is 1. The van der Waals surface area contributed by atoms with Gasteiger partial charge in [0.1, 0.15) is 5.75 Å². The van der Waals surface area contributed by atoms with Crippen LogP contribution in [0, 0.1) is 5.41 Å². The number of carbonyl (C=O) groups excluding carboxylic acids is 1. The van der Waals surface area contributed by atoms with Crippen LogP contribution in [0.1, 0.15) is 48.5 Å². The molecule has 1 aliphatic rings. The van der Waals surface area contributed by atoms with E-state index in [9.17, 15) is 4.79 Å². The number of rotatable bonds is 3. The monoisotopic (exact) mass is 343 g/mol. The van der Waals surface area contributed by atoms with Gasteiger partial charge in [-0.15, -0.1) is 11.3 Å². The number of methoxy groups -OCH3 is 1. The second kappa shape index (κ2) is 6.25.